The molecule has 0 bridgehead atoms. The largest absolute Gasteiger partial charge is 0.476 e. The monoisotopic (exact) mass is 236 g/mol. The van der Waals surface area contributed by atoms with Gasteiger partial charge in [0.05, 0.1) is 0 Å². The fraction of sp³-hybridized carbons (Fsp3) is 0.545. The Morgan fingerprint density at radius 2 is 2.00 bits per heavy atom. The Kier molecular flexibility index (Phi) is 3.53. The lowest BCUT2D eigenvalue weighted by atomic mass is 10.3. The predicted octanol–water partition coefficient (Wildman–Crippen LogP) is 0.317. The molecule has 1 N–H and O–H groups in total. The van der Waals surface area contributed by atoms with E-state index < -0.39 is 5.97 Å². The van der Waals surface area contributed by atoms with Gasteiger partial charge in [0, 0.05) is 32.0 Å². The number of likely N-dealkylation sites (N-methyl/N-ethyl adjacent to an activating group) is 1. The van der Waals surface area contributed by atoms with Crippen LogP contribution in [0.3, 0.4) is 0 Å². The number of hydrogen-bond donors (Lipinski definition) is 1. The van der Waals surface area contributed by atoms with Gasteiger partial charge >= 0.3 is 5.97 Å². The first-order chi connectivity index (χ1) is 8.18. The van der Waals surface area contributed by atoms with Gasteiger partial charge in [0.25, 0.3) is 0 Å². The topological polar surface area (TPSA) is 69.6 Å². The zero-order chi connectivity index (χ0) is 12.3. The second-order valence-corrected chi connectivity index (χ2v) is 4.18. The molecule has 1 aliphatic rings. The van der Waals surface area contributed by atoms with Crippen molar-refractivity contribution >= 4 is 11.8 Å². The smallest absolute Gasteiger partial charge is 0.358 e. The molecule has 2 rings (SSSR count). The molecule has 0 unspecified atom stereocenters. The van der Waals surface area contributed by atoms with Crippen LogP contribution in [0, 0.1) is 0 Å². The van der Waals surface area contributed by atoms with Crippen molar-refractivity contribution in [2.75, 3.05) is 38.1 Å². The van der Waals surface area contributed by atoms with Crippen LogP contribution in [0.2, 0.25) is 0 Å². The van der Waals surface area contributed by atoms with E-state index in [1.54, 1.807) is 0 Å². The van der Waals surface area contributed by atoms with Gasteiger partial charge in [0.2, 0.25) is 0 Å². The molecular weight excluding hydrogens is 220 g/mol. The fourth-order valence-corrected chi connectivity index (χ4v) is 1.97. The number of nitrogens with zero attached hydrogens (tertiary/aromatic N) is 4. The molecule has 0 atom stereocenters. The first-order valence-corrected chi connectivity index (χ1v) is 5.66. The van der Waals surface area contributed by atoms with E-state index in [4.69, 9.17) is 5.11 Å². The number of anilines is 1. The van der Waals surface area contributed by atoms with Crippen LogP contribution in [0.15, 0.2) is 12.4 Å². The average Bonchev–Trinajstić information content (AvgIpc) is 2.54. The number of carbonyl (C=O) groups is 1. The Bertz CT molecular complexity index is 410. The van der Waals surface area contributed by atoms with Gasteiger partial charge in [-0.05, 0) is 20.0 Å². The Hall–Kier alpha value is -1.69. The Morgan fingerprint density at radius 3 is 2.76 bits per heavy atom. The molecule has 1 saturated heterocycles. The van der Waals surface area contributed by atoms with Gasteiger partial charge in [-0.1, -0.05) is 0 Å². The third-order valence-electron chi connectivity index (χ3n) is 2.90. The first-order valence-electron chi connectivity index (χ1n) is 5.66. The zero-order valence-corrected chi connectivity index (χ0v) is 9.83. The number of rotatable bonds is 2. The van der Waals surface area contributed by atoms with Crippen LogP contribution < -0.4 is 4.90 Å². The normalized spacial score (nSPS) is 17.8. The average molecular weight is 236 g/mol. The lowest BCUT2D eigenvalue weighted by Gasteiger charge is -2.22. The number of carboxylic acid groups (broad SMARTS) is 1. The van der Waals surface area contributed by atoms with Crippen molar-refractivity contribution < 1.29 is 9.90 Å². The third-order valence-corrected chi connectivity index (χ3v) is 2.90. The van der Waals surface area contributed by atoms with Gasteiger partial charge in [0.1, 0.15) is 0 Å². The molecule has 6 heteroatoms. The van der Waals surface area contributed by atoms with Crippen LogP contribution in [0.1, 0.15) is 16.9 Å². The lowest BCUT2D eigenvalue weighted by molar-refractivity contribution is 0.0690. The first kappa shape index (κ1) is 11.8. The van der Waals surface area contributed by atoms with Gasteiger partial charge in [-0.25, -0.2) is 14.8 Å². The minimum atomic E-state index is -1.02. The van der Waals surface area contributed by atoms with Crippen molar-refractivity contribution in [3.8, 4) is 0 Å². The molecule has 1 fully saturated rings. The van der Waals surface area contributed by atoms with Gasteiger partial charge in [-0.15, -0.1) is 0 Å². The van der Waals surface area contributed by atoms with E-state index in [2.05, 4.69) is 21.9 Å². The minimum Gasteiger partial charge on any atom is -0.476 e. The quantitative estimate of drug-likeness (QED) is 0.797. The summed E-state index contributed by atoms with van der Waals surface area (Å²) in [5.41, 5.74) is 0.0389. The van der Waals surface area contributed by atoms with Crippen LogP contribution in [-0.4, -0.2) is 59.2 Å². The maximum absolute atomic E-state index is 11.1. The van der Waals surface area contributed by atoms with Gasteiger partial charge < -0.3 is 14.9 Å². The van der Waals surface area contributed by atoms with E-state index in [1.165, 1.54) is 12.4 Å². The number of aromatic nitrogens is 2. The molecule has 1 aromatic heterocycles. The summed E-state index contributed by atoms with van der Waals surface area (Å²) in [4.78, 5) is 23.3. The van der Waals surface area contributed by atoms with E-state index in [0.29, 0.717) is 5.82 Å². The second kappa shape index (κ2) is 5.09. The van der Waals surface area contributed by atoms with Crippen molar-refractivity contribution in [1.29, 1.82) is 0 Å². The minimum absolute atomic E-state index is 0.0389. The summed E-state index contributed by atoms with van der Waals surface area (Å²) in [6, 6.07) is 0. The highest BCUT2D eigenvalue weighted by molar-refractivity contribution is 5.90. The maximum atomic E-state index is 11.1. The van der Waals surface area contributed by atoms with E-state index in [-0.39, 0.29) is 5.69 Å². The number of carboxylic acids is 1. The Labute approximate surface area is 99.9 Å². The van der Waals surface area contributed by atoms with E-state index in [9.17, 15) is 4.79 Å². The van der Waals surface area contributed by atoms with Crippen molar-refractivity contribution in [3.05, 3.63) is 18.1 Å². The van der Waals surface area contributed by atoms with Crippen molar-refractivity contribution in [2.24, 2.45) is 0 Å². The Balaban J connectivity index is 2.24. The van der Waals surface area contributed by atoms with Crippen LogP contribution in [0.25, 0.3) is 0 Å². The standard InChI is InChI=1S/C11H16N4O2/c1-14-5-2-6-15(8-7-14)10-9(11(16)17)12-3-4-13-10/h3-4H,2,5-8H2,1H3,(H,16,17). The molecule has 17 heavy (non-hydrogen) atoms. The molecule has 0 radical (unpaired) electrons. The number of aromatic carboxylic acids is 1. The summed E-state index contributed by atoms with van der Waals surface area (Å²) < 4.78 is 0. The van der Waals surface area contributed by atoms with Crippen LogP contribution in [0.4, 0.5) is 5.82 Å². The van der Waals surface area contributed by atoms with E-state index in [0.717, 1.165) is 32.6 Å². The summed E-state index contributed by atoms with van der Waals surface area (Å²) in [6.45, 7) is 3.55. The molecule has 0 spiro atoms. The molecule has 2 heterocycles. The molecule has 0 aliphatic carbocycles. The lowest BCUT2D eigenvalue weighted by Crippen LogP contribution is -2.31. The van der Waals surface area contributed by atoms with Gasteiger partial charge in [-0.3, -0.25) is 0 Å². The van der Waals surface area contributed by atoms with Crippen molar-refractivity contribution in [3.63, 3.8) is 0 Å². The molecule has 0 amide bonds. The van der Waals surface area contributed by atoms with Crippen LogP contribution in [0.5, 0.6) is 0 Å². The summed E-state index contributed by atoms with van der Waals surface area (Å²) >= 11 is 0. The second-order valence-electron chi connectivity index (χ2n) is 4.18. The maximum Gasteiger partial charge on any atom is 0.358 e. The van der Waals surface area contributed by atoms with E-state index in [1.807, 2.05) is 4.90 Å². The zero-order valence-electron chi connectivity index (χ0n) is 9.83. The van der Waals surface area contributed by atoms with Gasteiger partial charge in [0.15, 0.2) is 11.5 Å². The van der Waals surface area contributed by atoms with Crippen LogP contribution >= 0.6 is 0 Å². The third kappa shape index (κ3) is 2.71. The highest BCUT2D eigenvalue weighted by Gasteiger charge is 2.20. The summed E-state index contributed by atoms with van der Waals surface area (Å²) in [5.74, 6) is -0.541. The summed E-state index contributed by atoms with van der Waals surface area (Å²) in [7, 11) is 2.07. The molecule has 0 saturated carbocycles. The summed E-state index contributed by atoms with van der Waals surface area (Å²) in [5, 5.41) is 9.08. The highest BCUT2D eigenvalue weighted by Crippen LogP contribution is 2.16. The SMILES string of the molecule is CN1CCCN(c2nccnc2C(=O)O)CC1. The van der Waals surface area contributed by atoms with Gasteiger partial charge in [-0.2, -0.15) is 0 Å². The predicted molar refractivity (Wildman–Crippen MR) is 63.3 cm³/mol. The molecular formula is C11H16N4O2. The summed E-state index contributed by atoms with van der Waals surface area (Å²) in [6.07, 6.45) is 3.96. The molecule has 6 nitrogen and oxygen atoms in total. The fourth-order valence-electron chi connectivity index (χ4n) is 1.97. The molecule has 92 valence electrons. The van der Waals surface area contributed by atoms with Crippen LogP contribution in [-0.2, 0) is 0 Å². The van der Waals surface area contributed by atoms with Crippen molar-refractivity contribution in [2.45, 2.75) is 6.42 Å². The highest BCUT2D eigenvalue weighted by atomic mass is 16.4. The molecule has 0 aromatic carbocycles. The molecule has 1 aliphatic heterocycles. The Morgan fingerprint density at radius 1 is 1.24 bits per heavy atom. The van der Waals surface area contributed by atoms with Crippen molar-refractivity contribution in [1.82, 2.24) is 14.9 Å². The van der Waals surface area contributed by atoms with E-state index >= 15 is 0 Å². The molecule has 1 aromatic rings. The number of hydrogen-bond acceptors (Lipinski definition) is 5.